The predicted octanol–water partition coefficient (Wildman–Crippen LogP) is 1.91. The van der Waals surface area contributed by atoms with Gasteiger partial charge in [-0.3, -0.25) is 9.59 Å². The van der Waals surface area contributed by atoms with Crippen LogP contribution in [0.2, 0.25) is 0 Å². The molecule has 134 valence electrons. The van der Waals surface area contributed by atoms with Gasteiger partial charge in [0.05, 0.1) is 13.7 Å². The lowest BCUT2D eigenvalue weighted by Gasteiger charge is -2.24. The molecular weight excluding hydrogens is 320 g/mol. The first-order valence-corrected chi connectivity index (χ1v) is 8.61. The molecule has 2 aliphatic carbocycles. The lowest BCUT2D eigenvalue weighted by molar-refractivity contribution is -0.135. The van der Waals surface area contributed by atoms with Gasteiger partial charge in [0, 0.05) is 12.2 Å². The van der Waals surface area contributed by atoms with E-state index < -0.39 is 5.97 Å². The number of aliphatic carboxylic acids is 1. The largest absolute Gasteiger partial charge is 0.497 e. The molecule has 6 heteroatoms. The highest BCUT2D eigenvalue weighted by atomic mass is 16.5. The van der Waals surface area contributed by atoms with E-state index >= 15 is 0 Å². The van der Waals surface area contributed by atoms with Crippen molar-refractivity contribution in [2.24, 2.45) is 17.8 Å². The second kappa shape index (κ2) is 7.59. The Labute approximate surface area is 147 Å². The molecule has 0 spiro atoms. The van der Waals surface area contributed by atoms with Crippen LogP contribution >= 0.6 is 0 Å². The Kier molecular flexibility index (Phi) is 5.26. The molecule has 2 bridgehead atoms. The Bertz CT molecular complexity index is 656. The number of allylic oxidation sites excluding steroid dienone is 2. The van der Waals surface area contributed by atoms with Crippen molar-refractivity contribution in [3.8, 4) is 5.75 Å². The molecule has 0 heterocycles. The van der Waals surface area contributed by atoms with Crippen LogP contribution in [0.15, 0.2) is 36.4 Å². The van der Waals surface area contributed by atoms with Gasteiger partial charge in [-0.2, -0.15) is 0 Å². The van der Waals surface area contributed by atoms with Crippen molar-refractivity contribution >= 4 is 17.6 Å². The van der Waals surface area contributed by atoms with Gasteiger partial charge >= 0.3 is 5.97 Å². The van der Waals surface area contributed by atoms with Crippen LogP contribution < -0.4 is 15.0 Å². The minimum absolute atomic E-state index is 0.0231. The van der Waals surface area contributed by atoms with Crippen LogP contribution in [0.1, 0.15) is 12.8 Å². The summed E-state index contributed by atoms with van der Waals surface area (Å²) in [4.78, 5) is 25.0. The number of carbonyl (C=O) groups excluding carboxylic acids is 1. The van der Waals surface area contributed by atoms with E-state index in [2.05, 4.69) is 17.5 Å². The first-order chi connectivity index (χ1) is 12.0. The topological polar surface area (TPSA) is 78.9 Å². The van der Waals surface area contributed by atoms with E-state index in [0.717, 1.165) is 6.42 Å². The average molecular weight is 344 g/mol. The number of nitrogens with one attached hydrogen (secondary N) is 1. The van der Waals surface area contributed by atoms with E-state index in [9.17, 15) is 9.59 Å². The number of hydrogen-bond acceptors (Lipinski definition) is 4. The number of rotatable bonds is 8. The lowest BCUT2D eigenvalue weighted by Crippen LogP contribution is -2.41. The zero-order valence-electron chi connectivity index (χ0n) is 14.4. The van der Waals surface area contributed by atoms with E-state index in [4.69, 9.17) is 9.84 Å². The Morgan fingerprint density at radius 3 is 2.52 bits per heavy atom. The molecule has 1 aromatic carbocycles. The van der Waals surface area contributed by atoms with Crippen LogP contribution in [-0.2, 0) is 9.59 Å². The molecule has 0 aromatic heterocycles. The normalized spacial score (nSPS) is 23.5. The molecule has 1 saturated carbocycles. The molecular formula is C19H24N2O4. The van der Waals surface area contributed by atoms with Crippen LogP contribution in [0.5, 0.6) is 5.75 Å². The Morgan fingerprint density at radius 1 is 1.20 bits per heavy atom. The summed E-state index contributed by atoms with van der Waals surface area (Å²) in [6.45, 7) is 0.458. The van der Waals surface area contributed by atoms with Gasteiger partial charge in [-0.1, -0.05) is 12.2 Å². The molecule has 2 N–H and O–H groups in total. The summed E-state index contributed by atoms with van der Waals surface area (Å²) in [6, 6.07) is 7.03. The van der Waals surface area contributed by atoms with Gasteiger partial charge in [0.15, 0.2) is 0 Å². The fourth-order valence-electron chi connectivity index (χ4n) is 3.80. The smallest absolute Gasteiger partial charge is 0.323 e. The zero-order chi connectivity index (χ0) is 17.8. The molecule has 0 radical (unpaired) electrons. The number of carboxylic acids is 1. The minimum Gasteiger partial charge on any atom is -0.497 e. The second-order valence-corrected chi connectivity index (χ2v) is 6.79. The molecule has 0 unspecified atom stereocenters. The Balaban J connectivity index is 1.56. The van der Waals surface area contributed by atoms with E-state index in [0.29, 0.717) is 35.7 Å². The van der Waals surface area contributed by atoms with Gasteiger partial charge in [-0.05, 0) is 54.9 Å². The highest BCUT2D eigenvalue weighted by Crippen LogP contribution is 2.42. The number of fused-ring (bicyclic) bond motifs is 2. The first kappa shape index (κ1) is 17.3. The number of amides is 1. The number of anilines is 1. The molecule has 25 heavy (non-hydrogen) atoms. The highest BCUT2D eigenvalue weighted by molar-refractivity contribution is 5.84. The van der Waals surface area contributed by atoms with Crippen molar-refractivity contribution < 1.29 is 19.4 Å². The number of benzene rings is 1. The number of nitrogens with zero attached hydrogens (tertiary/aromatic N) is 1. The van der Waals surface area contributed by atoms with E-state index in [1.165, 1.54) is 6.42 Å². The van der Waals surface area contributed by atoms with Crippen molar-refractivity contribution in [3.63, 3.8) is 0 Å². The van der Waals surface area contributed by atoms with Gasteiger partial charge in [-0.15, -0.1) is 0 Å². The summed E-state index contributed by atoms with van der Waals surface area (Å²) in [7, 11) is 1.57. The minimum atomic E-state index is -0.971. The summed E-state index contributed by atoms with van der Waals surface area (Å²) >= 11 is 0. The number of ether oxygens (including phenoxy) is 1. The van der Waals surface area contributed by atoms with Gasteiger partial charge in [-0.25, -0.2) is 0 Å². The number of carboxylic acid groups (broad SMARTS) is 1. The standard InChI is InChI=1S/C19H24N2O4/c1-25-17-6-4-16(5-7-17)21(12-19(23)24)11-18(22)20-10-15-9-13-2-3-14(15)8-13/h2-7,13-15H,8-12H2,1H3,(H,20,22)(H,23,24)/t13-,14+,15+/m0/s1. The highest BCUT2D eigenvalue weighted by Gasteiger charge is 2.35. The van der Waals surface area contributed by atoms with Crippen molar-refractivity contribution in [1.82, 2.24) is 5.32 Å². The summed E-state index contributed by atoms with van der Waals surface area (Å²) in [5.74, 6) is 1.34. The predicted molar refractivity (Wildman–Crippen MR) is 94.7 cm³/mol. The molecule has 0 aliphatic heterocycles. The number of methoxy groups -OCH3 is 1. The molecule has 0 saturated heterocycles. The van der Waals surface area contributed by atoms with Gasteiger partial charge in [0.2, 0.25) is 5.91 Å². The third kappa shape index (κ3) is 4.32. The molecule has 1 aromatic rings. The van der Waals surface area contributed by atoms with Crippen molar-refractivity contribution in [2.75, 3.05) is 31.6 Å². The summed E-state index contributed by atoms with van der Waals surface area (Å²) in [5.41, 5.74) is 0.682. The fraction of sp³-hybridized carbons (Fsp3) is 0.474. The van der Waals surface area contributed by atoms with Gasteiger partial charge in [0.25, 0.3) is 0 Å². The SMILES string of the molecule is COc1ccc(N(CC(=O)O)CC(=O)NC[C@H]2C[C@H]3C=C[C@@H]2C3)cc1. The molecule has 6 nitrogen and oxygen atoms in total. The fourth-order valence-corrected chi connectivity index (χ4v) is 3.80. The third-order valence-corrected chi connectivity index (χ3v) is 5.08. The van der Waals surface area contributed by atoms with Gasteiger partial charge in [0.1, 0.15) is 12.3 Å². The van der Waals surface area contributed by atoms with E-state index in [1.807, 2.05) is 0 Å². The van der Waals surface area contributed by atoms with Crippen LogP contribution in [0.4, 0.5) is 5.69 Å². The average Bonchev–Trinajstić information content (AvgIpc) is 3.22. The van der Waals surface area contributed by atoms with E-state index in [1.54, 1.807) is 36.3 Å². The van der Waals surface area contributed by atoms with Gasteiger partial charge < -0.3 is 20.1 Å². The van der Waals surface area contributed by atoms with Crippen LogP contribution in [0, 0.1) is 17.8 Å². The summed E-state index contributed by atoms with van der Waals surface area (Å²) in [5, 5.41) is 12.1. The third-order valence-electron chi connectivity index (χ3n) is 5.08. The molecule has 3 atom stereocenters. The first-order valence-electron chi connectivity index (χ1n) is 8.61. The van der Waals surface area contributed by atoms with Crippen molar-refractivity contribution in [3.05, 3.63) is 36.4 Å². The Hall–Kier alpha value is -2.50. The zero-order valence-corrected chi connectivity index (χ0v) is 14.4. The molecule has 3 rings (SSSR count). The van der Waals surface area contributed by atoms with Crippen LogP contribution in [0.25, 0.3) is 0 Å². The van der Waals surface area contributed by atoms with Crippen LogP contribution in [0.3, 0.4) is 0 Å². The summed E-state index contributed by atoms with van der Waals surface area (Å²) in [6.07, 6.45) is 6.89. The maximum absolute atomic E-state index is 12.3. The number of carbonyl (C=O) groups is 2. The van der Waals surface area contributed by atoms with Crippen molar-refractivity contribution in [1.29, 1.82) is 0 Å². The number of hydrogen-bond donors (Lipinski definition) is 2. The Morgan fingerprint density at radius 2 is 1.96 bits per heavy atom. The second-order valence-electron chi connectivity index (χ2n) is 6.79. The van der Waals surface area contributed by atoms with Crippen LogP contribution in [-0.4, -0.2) is 43.7 Å². The monoisotopic (exact) mass is 344 g/mol. The van der Waals surface area contributed by atoms with E-state index in [-0.39, 0.29) is 19.0 Å². The maximum Gasteiger partial charge on any atom is 0.323 e. The molecule has 2 aliphatic rings. The lowest BCUT2D eigenvalue weighted by atomic mass is 9.94. The quantitative estimate of drug-likeness (QED) is 0.705. The maximum atomic E-state index is 12.3. The van der Waals surface area contributed by atoms with Crippen molar-refractivity contribution in [2.45, 2.75) is 12.8 Å². The molecule has 1 fully saturated rings. The summed E-state index contributed by atoms with van der Waals surface area (Å²) < 4.78 is 5.11. The molecule has 1 amide bonds.